The molecule has 0 aliphatic carbocycles. The van der Waals surface area contributed by atoms with Crippen molar-refractivity contribution < 1.29 is 18.3 Å². The summed E-state index contributed by atoms with van der Waals surface area (Å²) < 4.78 is 33.8. The number of benzene rings is 1. The monoisotopic (exact) mass is 279 g/mol. The van der Waals surface area contributed by atoms with Crippen molar-refractivity contribution in [3.05, 3.63) is 22.7 Å². The van der Waals surface area contributed by atoms with E-state index in [2.05, 4.69) is 10.1 Å². The van der Waals surface area contributed by atoms with Gasteiger partial charge in [0, 0.05) is 12.6 Å². The number of hydrogen-bond acceptors (Lipinski definition) is 3. The van der Waals surface area contributed by atoms with Crippen LogP contribution >= 0.6 is 11.6 Å². The highest BCUT2D eigenvalue weighted by molar-refractivity contribution is 6.32. The SMILES string of the molecule is COc1cc(CNC(C)C)cc(Cl)c1OC(F)F. The topological polar surface area (TPSA) is 30.5 Å². The molecule has 1 N–H and O–H groups in total. The van der Waals surface area contributed by atoms with E-state index in [4.69, 9.17) is 16.3 Å². The Balaban J connectivity index is 2.95. The molecule has 0 radical (unpaired) electrons. The molecule has 6 heteroatoms. The smallest absolute Gasteiger partial charge is 0.387 e. The second-order valence-electron chi connectivity index (χ2n) is 4.02. The first-order valence-electron chi connectivity index (χ1n) is 5.48. The van der Waals surface area contributed by atoms with Gasteiger partial charge in [-0.1, -0.05) is 25.4 Å². The average molecular weight is 280 g/mol. The maximum absolute atomic E-state index is 12.2. The van der Waals surface area contributed by atoms with E-state index in [-0.39, 0.29) is 16.5 Å². The molecule has 0 saturated carbocycles. The molecule has 1 aromatic rings. The van der Waals surface area contributed by atoms with E-state index in [1.807, 2.05) is 13.8 Å². The van der Waals surface area contributed by atoms with Crippen molar-refractivity contribution in [3.8, 4) is 11.5 Å². The molecule has 3 nitrogen and oxygen atoms in total. The highest BCUT2D eigenvalue weighted by atomic mass is 35.5. The van der Waals surface area contributed by atoms with Crippen molar-refractivity contribution in [2.24, 2.45) is 0 Å². The minimum absolute atomic E-state index is 0.107. The van der Waals surface area contributed by atoms with E-state index < -0.39 is 6.61 Å². The minimum Gasteiger partial charge on any atom is -0.493 e. The van der Waals surface area contributed by atoms with Crippen LogP contribution in [0.5, 0.6) is 11.5 Å². The third-order valence-electron chi connectivity index (χ3n) is 2.21. The van der Waals surface area contributed by atoms with Crippen LogP contribution in [-0.2, 0) is 6.54 Å². The average Bonchev–Trinajstić information content (AvgIpc) is 2.28. The third-order valence-corrected chi connectivity index (χ3v) is 2.49. The number of rotatable bonds is 6. The van der Waals surface area contributed by atoms with Gasteiger partial charge in [0.2, 0.25) is 0 Å². The molecule has 0 bridgehead atoms. The summed E-state index contributed by atoms with van der Waals surface area (Å²) in [5, 5.41) is 3.30. The molecule has 18 heavy (non-hydrogen) atoms. The van der Waals surface area contributed by atoms with Crippen LogP contribution in [0.1, 0.15) is 19.4 Å². The summed E-state index contributed by atoms with van der Waals surface area (Å²) >= 11 is 5.91. The van der Waals surface area contributed by atoms with Crippen LogP contribution in [0, 0.1) is 0 Å². The van der Waals surface area contributed by atoms with Crippen LogP contribution in [0.25, 0.3) is 0 Å². The van der Waals surface area contributed by atoms with Crippen molar-refractivity contribution in [2.75, 3.05) is 7.11 Å². The molecule has 0 aliphatic rings. The van der Waals surface area contributed by atoms with Gasteiger partial charge in [-0.15, -0.1) is 0 Å². The third kappa shape index (κ3) is 4.31. The predicted octanol–water partition coefficient (Wildman–Crippen LogP) is 3.45. The van der Waals surface area contributed by atoms with Gasteiger partial charge in [-0.3, -0.25) is 0 Å². The zero-order chi connectivity index (χ0) is 13.7. The Hall–Kier alpha value is -1.07. The summed E-state index contributed by atoms with van der Waals surface area (Å²) in [7, 11) is 1.38. The van der Waals surface area contributed by atoms with Gasteiger partial charge in [0.1, 0.15) is 0 Å². The molecule has 1 rings (SSSR count). The summed E-state index contributed by atoms with van der Waals surface area (Å²) in [6, 6.07) is 3.52. The first kappa shape index (κ1) is 15.0. The van der Waals surface area contributed by atoms with Gasteiger partial charge in [0.05, 0.1) is 12.1 Å². The van der Waals surface area contributed by atoms with Crippen LogP contribution in [0.3, 0.4) is 0 Å². The second-order valence-corrected chi connectivity index (χ2v) is 4.43. The first-order valence-corrected chi connectivity index (χ1v) is 5.86. The molecule has 0 atom stereocenters. The first-order chi connectivity index (χ1) is 8.43. The van der Waals surface area contributed by atoms with Gasteiger partial charge >= 0.3 is 6.61 Å². The van der Waals surface area contributed by atoms with E-state index >= 15 is 0 Å². The lowest BCUT2D eigenvalue weighted by Crippen LogP contribution is -2.21. The second kappa shape index (κ2) is 6.75. The van der Waals surface area contributed by atoms with Crippen molar-refractivity contribution in [1.82, 2.24) is 5.32 Å². The molecule has 0 aliphatic heterocycles. The maximum Gasteiger partial charge on any atom is 0.387 e. The van der Waals surface area contributed by atoms with Gasteiger partial charge in [-0.25, -0.2) is 0 Å². The molecule has 0 aromatic heterocycles. The lowest BCUT2D eigenvalue weighted by molar-refractivity contribution is -0.0511. The molecular weight excluding hydrogens is 264 g/mol. The lowest BCUT2D eigenvalue weighted by Gasteiger charge is -2.14. The Morgan fingerprint density at radius 2 is 2.00 bits per heavy atom. The highest BCUT2D eigenvalue weighted by Crippen LogP contribution is 2.37. The molecule has 0 spiro atoms. The fourth-order valence-corrected chi connectivity index (χ4v) is 1.68. The van der Waals surface area contributed by atoms with Crippen LogP contribution < -0.4 is 14.8 Å². The molecular formula is C12H16ClF2NO2. The number of nitrogens with one attached hydrogen (secondary N) is 1. The Morgan fingerprint density at radius 1 is 1.33 bits per heavy atom. The molecule has 0 fully saturated rings. The summed E-state index contributed by atoms with van der Waals surface area (Å²) in [6.45, 7) is 1.65. The highest BCUT2D eigenvalue weighted by Gasteiger charge is 2.16. The fourth-order valence-electron chi connectivity index (χ4n) is 1.40. The summed E-state index contributed by atoms with van der Waals surface area (Å²) in [5.41, 5.74) is 0.840. The summed E-state index contributed by atoms with van der Waals surface area (Å²) in [5.74, 6) is 0.0609. The zero-order valence-corrected chi connectivity index (χ0v) is 11.2. The molecule has 102 valence electrons. The summed E-state index contributed by atoms with van der Waals surface area (Å²) in [6.07, 6.45) is 0. The van der Waals surface area contributed by atoms with Gasteiger partial charge in [0.15, 0.2) is 11.5 Å². The molecule has 0 unspecified atom stereocenters. The van der Waals surface area contributed by atoms with Crippen LogP contribution in [0.15, 0.2) is 12.1 Å². The number of hydrogen-bond donors (Lipinski definition) is 1. The Bertz CT molecular complexity index is 400. The van der Waals surface area contributed by atoms with E-state index in [1.165, 1.54) is 7.11 Å². The predicted molar refractivity (Wildman–Crippen MR) is 66.6 cm³/mol. The Morgan fingerprint density at radius 3 is 2.50 bits per heavy atom. The number of alkyl halides is 2. The molecule has 0 heterocycles. The number of halogens is 3. The largest absolute Gasteiger partial charge is 0.493 e. The molecule has 1 aromatic carbocycles. The molecule has 0 saturated heterocycles. The van der Waals surface area contributed by atoms with Crippen molar-refractivity contribution in [3.63, 3.8) is 0 Å². The number of methoxy groups -OCH3 is 1. The van der Waals surface area contributed by atoms with E-state index in [0.717, 1.165) is 5.56 Å². The lowest BCUT2D eigenvalue weighted by atomic mass is 10.2. The van der Waals surface area contributed by atoms with Crippen molar-refractivity contribution in [2.45, 2.75) is 33.0 Å². The number of ether oxygens (including phenoxy) is 2. The van der Waals surface area contributed by atoms with Gasteiger partial charge in [0.25, 0.3) is 0 Å². The van der Waals surface area contributed by atoms with Crippen LogP contribution in [0.2, 0.25) is 5.02 Å². The standard InChI is InChI=1S/C12H16ClF2NO2/c1-7(2)16-6-8-4-9(13)11(18-12(14)15)10(5-8)17-3/h4-5,7,12,16H,6H2,1-3H3. The quantitative estimate of drug-likeness (QED) is 0.865. The summed E-state index contributed by atoms with van der Waals surface area (Å²) in [4.78, 5) is 0. The van der Waals surface area contributed by atoms with Crippen LogP contribution in [0.4, 0.5) is 8.78 Å². The van der Waals surface area contributed by atoms with Gasteiger partial charge in [-0.05, 0) is 17.7 Å². The van der Waals surface area contributed by atoms with Gasteiger partial charge < -0.3 is 14.8 Å². The van der Waals surface area contributed by atoms with E-state index in [9.17, 15) is 8.78 Å². The Kier molecular flexibility index (Phi) is 5.62. The minimum atomic E-state index is -2.93. The Labute approximate surface area is 110 Å². The van der Waals surface area contributed by atoms with Crippen molar-refractivity contribution in [1.29, 1.82) is 0 Å². The van der Waals surface area contributed by atoms with Crippen molar-refractivity contribution >= 4 is 11.6 Å². The fraction of sp³-hybridized carbons (Fsp3) is 0.500. The maximum atomic E-state index is 12.2. The molecule has 0 amide bonds. The van der Waals surface area contributed by atoms with E-state index in [0.29, 0.717) is 12.6 Å². The van der Waals surface area contributed by atoms with Gasteiger partial charge in [-0.2, -0.15) is 8.78 Å². The normalized spacial score (nSPS) is 11.1. The zero-order valence-electron chi connectivity index (χ0n) is 10.5. The van der Waals surface area contributed by atoms with Crippen LogP contribution in [-0.4, -0.2) is 19.8 Å². The van der Waals surface area contributed by atoms with E-state index in [1.54, 1.807) is 12.1 Å².